The SMILES string of the molecule is COC1(OC)CC(c2ccc(N)cc2)=CC=C1N.N=C=O.N=C=O. The number of nitrogen functional groups attached to an aromatic ring is 1. The van der Waals surface area contributed by atoms with E-state index < -0.39 is 5.79 Å². The van der Waals surface area contributed by atoms with E-state index in [1.165, 1.54) is 0 Å². The first-order valence-corrected chi connectivity index (χ1v) is 6.65. The molecule has 0 saturated carbocycles. The van der Waals surface area contributed by atoms with E-state index in [-0.39, 0.29) is 0 Å². The summed E-state index contributed by atoms with van der Waals surface area (Å²) in [6.07, 6.45) is 5.88. The third-order valence-electron chi connectivity index (χ3n) is 3.27. The van der Waals surface area contributed by atoms with Gasteiger partial charge in [0.25, 0.3) is 0 Å². The van der Waals surface area contributed by atoms with E-state index in [4.69, 9.17) is 41.3 Å². The first kappa shape index (κ1) is 21.0. The van der Waals surface area contributed by atoms with Crippen LogP contribution in [0.4, 0.5) is 5.69 Å². The minimum Gasteiger partial charge on any atom is -0.399 e. The normalized spacial score (nSPS) is 14.2. The molecule has 0 bridgehead atoms. The molecular weight excluding hydrogens is 312 g/mol. The Bertz CT molecular complexity index is 637. The number of isocyanates is 2. The van der Waals surface area contributed by atoms with E-state index in [1.807, 2.05) is 36.4 Å². The fraction of sp³-hybridized carbons (Fsp3) is 0.250. The number of hydrogen-bond donors (Lipinski definition) is 4. The van der Waals surface area contributed by atoms with Crippen LogP contribution in [0.15, 0.2) is 42.1 Å². The van der Waals surface area contributed by atoms with Crippen LogP contribution in [0.5, 0.6) is 0 Å². The lowest BCUT2D eigenvalue weighted by Crippen LogP contribution is -2.41. The van der Waals surface area contributed by atoms with Crippen molar-refractivity contribution in [2.24, 2.45) is 5.73 Å². The zero-order valence-electron chi connectivity index (χ0n) is 13.5. The molecule has 1 aromatic rings. The smallest absolute Gasteiger partial charge is 0.231 e. The monoisotopic (exact) mass is 332 g/mol. The van der Waals surface area contributed by atoms with Gasteiger partial charge in [-0.1, -0.05) is 18.2 Å². The summed E-state index contributed by atoms with van der Waals surface area (Å²) < 4.78 is 10.9. The molecule has 0 amide bonds. The van der Waals surface area contributed by atoms with E-state index in [0.717, 1.165) is 29.0 Å². The first-order chi connectivity index (χ1) is 11.4. The summed E-state index contributed by atoms with van der Waals surface area (Å²) in [6.45, 7) is 0. The molecule has 0 heterocycles. The lowest BCUT2D eigenvalue weighted by atomic mass is 9.91. The number of rotatable bonds is 3. The van der Waals surface area contributed by atoms with Gasteiger partial charge in [-0.15, -0.1) is 0 Å². The standard InChI is InChI=1S/C14H18N2O2.2CHNO/c1-17-14(18-2)9-11(5-8-13(14)16)10-3-6-12(15)7-4-10;2*2-1-3/h3-8H,9,15-16H2,1-2H3;2*2H. The highest BCUT2D eigenvalue weighted by atomic mass is 16.7. The molecule has 0 spiro atoms. The first-order valence-electron chi connectivity index (χ1n) is 6.65. The van der Waals surface area contributed by atoms with Gasteiger partial charge in [0.05, 0.1) is 5.70 Å². The van der Waals surface area contributed by atoms with Crippen molar-refractivity contribution in [3.63, 3.8) is 0 Å². The van der Waals surface area contributed by atoms with Crippen LogP contribution >= 0.6 is 0 Å². The molecule has 24 heavy (non-hydrogen) atoms. The van der Waals surface area contributed by atoms with Gasteiger partial charge in [-0.05, 0) is 29.3 Å². The third-order valence-corrected chi connectivity index (χ3v) is 3.27. The predicted octanol–water partition coefficient (Wildman–Crippen LogP) is 1.69. The van der Waals surface area contributed by atoms with Crippen molar-refractivity contribution in [1.29, 1.82) is 10.8 Å². The fourth-order valence-electron chi connectivity index (χ4n) is 2.09. The summed E-state index contributed by atoms with van der Waals surface area (Å²) in [4.78, 5) is 16.7. The third kappa shape index (κ3) is 5.64. The molecule has 0 atom stereocenters. The van der Waals surface area contributed by atoms with Crippen LogP contribution in [-0.2, 0) is 19.1 Å². The number of anilines is 1. The summed E-state index contributed by atoms with van der Waals surface area (Å²) >= 11 is 0. The average Bonchev–Trinajstić information content (AvgIpc) is 2.58. The van der Waals surface area contributed by atoms with Gasteiger partial charge >= 0.3 is 0 Å². The van der Waals surface area contributed by atoms with E-state index in [1.54, 1.807) is 14.2 Å². The lowest BCUT2D eigenvalue weighted by Gasteiger charge is -2.34. The number of allylic oxidation sites excluding steroid dienone is 2. The summed E-state index contributed by atoms with van der Waals surface area (Å²) in [7, 11) is 3.19. The largest absolute Gasteiger partial charge is 0.399 e. The van der Waals surface area contributed by atoms with E-state index in [2.05, 4.69) is 0 Å². The minimum absolute atomic E-state index is 0.576. The molecule has 2 rings (SSSR count). The Labute approximate surface area is 139 Å². The molecule has 128 valence electrons. The second-order valence-corrected chi connectivity index (χ2v) is 4.48. The summed E-state index contributed by atoms with van der Waals surface area (Å²) in [6, 6.07) is 7.71. The summed E-state index contributed by atoms with van der Waals surface area (Å²) in [5.41, 5.74) is 15.1. The molecule has 6 N–H and O–H groups in total. The van der Waals surface area contributed by atoms with Crippen molar-refractivity contribution >= 4 is 23.4 Å². The van der Waals surface area contributed by atoms with Crippen molar-refractivity contribution in [3.8, 4) is 0 Å². The maximum absolute atomic E-state index is 8.35. The van der Waals surface area contributed by atoms with Gasteiger partial charge in [-0.3, -0.25) is 0 Å². The quantitative estimate of drug-likeness (QED) is 0.286. The zero-order chi connectivity index (χ0) is 18.6. The van der Waals surface area contributed by atoms with Crippen molar-refractivity contribution in [2.45, 2.75) is 12.2 Å². The number of nitrogens with two attached hydrogens (primary N) is 2. The molecule has 0 aromatic heterocycles. The molecule has 0 saturated heterocycles. The van der Waals surface area contributed by atoms with Crippen molar-refractivity contribution in [3.05, 3.63) is 47.7 Å². The molecule has 0 unspecified atom stereocenters. The Hall–Kier alpha value is -3.02. The van der Waals surface area contributed by atoms with Crippen LogP contribution in [0.25, 0.3) is 5.57 Å². The summed E-state index contributed by atoms with van der Waals surface area (Å²) in [5, 5.41) is 10.8. The molecule has 8 heteroatoms. The predicted molar refractivity (Wildman–Crippen MR) is 89.3 cm³/mol. The molecule has 1 aliphatic carbocycles. The van der Waals surface area contributed by atoms with Gasteiger partial charge in [-0.2, -0.15) is 0 Å². The molecular formula is C16H20N4O4. The Morgan fingerprint density at radius 2 is 1.46 bits per heavy atom. The summed E-state index contributed by atoms with van der Waals surface area (Å²) in [5.74, 6) is -0.870. The molecule has 0 aliphatic heterocycles. The van der Waals surface area contributed by atoms with Gasteiger partial charge in [-0.25, -0.2) is 20.4 Å². The Morgan fingerprint density at radius 1 is 1.00 bits per heavy atom. The second-order valence-electron chi connectivity index (χ2n) is 4.48. The van der Waals surface area contributed by atoms with Crippen LogP contribution in [-0.4, -0.2) is 32.2 Å². The number of nitrogens with one attached hydrogen (secondary N) is 2. The van der Waals surface area contributed by atoms with Crippen LogP contribution in [0.2, 0.25) is 0 Å². The highest BCUT2D eigenvalue weighted by Gasteiger charge is 2.36. The highest BCUT2D eigenvalue weighted by molar-refractivity contribution is 5.71. The van der Waals surface area contributed by atoms with Crippen LogP contribution in [0.1, 0.15) is 12.0 Å². The average molecular weight is 332 g/mol. The molecule has 1 aromatic carbocycles. The lowest BCUT2D eigenvalue weighted by molar-refractivity contribution is -0.175. The van der Waals surface area contributed by atoms with Crippen LogP contribution in [0.3, 0.4) is 0 Å². The second kappa shape index (κ2) is 10.7. The van der Waals surface area contributed by atoms with Gasteiger partial charge in [0.1, 0.15) is 0 Å². The molecule has 0 fully saturated rings. The van der Waals surface area contributed by atoms with Gasteiger partial charge < -0.3 is 20.9 Å². The number of benzene rings is 1. The Balaban J connectivity index is 0.000000772. The van der Waals surface area contributed by atoms with Gasteiger partial charge in [0.2, 0.25) is 17.9 Å². The molecule has 0 radical (unpaired) electrons. The van der Waals surface area contributed by atoms with E-state index >= 15 is 0 Å². The molecule has 8 nitrogen and oxygen atoms in total. The topological polar surface area (TPSA) is 152 Å². The van der Waals surface area contributed by atoms with Crippen molar-refractivity contribution in [2.75, 3.05) is 20.0 Å². The molecule has 1 aliphatic rings. The Morgan fingerprint density at radius 3 is 1.88 bits per heavy atom. The van der Waals surface area contributed by atoms with Gasteiger partial charge in [0.15, 0.2) is 0 Å². The number of hydrogen-bond acceptors (Lipinski definition) is 8. The zero-order valence-corrected chi connectivity index (χ0v) is 13.5. The number of ether oxygens (including phenoxy) is 2. The van der Waals surface area contributed by atoms with E-state index in [9.17, 15) is 0 Å². The number of carbonyl (C=O) groups excluding carboxylic acids is 2. The maximum Gasteiger partial charge on any atom is 0.231 e. The van der Waals surface area contributed by atoms with Crippen LogP contribution in [0, 0.1) is 10.8 Å². The fourth-order valence-corrected chi connectivity index (χ4v) is 2.09. The van der Waals surface area contributed by atoms with Gasteiger partial charge in [0, 0.05) is 26.3 Å². The highest BCUT2D eigenvalue weighted by Crippen LogP contribution is 2.35. The van der Waals surface area contributed by atoms with E-state index in [0.29, 0.717) is 12.1 Å². The number of methoxy groups -OCH3 is 2. The minimum atomic E-state index is -0.870. The maximum atomic E-state index is 8.35. The van der Waals surface area contributed by atoms with Crippen molar-refractivity contribution in [1.82, 2.24) is 0 Å². The Kier molecular flexibility index (Phi) is 9.32. The van der Waals surface area contributed by atoms with Crippen molar-refractivity contribution < 1.29 is 19.1 Å². The van der Waals surface area contributed by atoms with Crippen LogP contribution < -0.4 is 11.5 Å².